The van der Waals surface area contributed by atoms with Gasteiger partial charge in [-0.25, -0.2) is 0 Å². The minimum atomic E-state index is -0.0254. The van der Waals surface area contributed by atoms with Crippen molar-refractivity contribution in [2.75, 3.05) is 5.32 Å². The van der Waals surface area contributed by atoms with Crippen molar-refractivity contribution < 1.29 is 4.42 Å². The van der Waals surface area contributed by atoms with Gasteiger partial charge in [0.2, 0.25) is 0 Å². The molecule has 1 unspecified atom stereocenters. The lowest BCUT2D eigenvalue weighted by Gasteiger charge is -2.16. The van der Waals surface area contributed by atoms with E-state index in [0.717, 1.165) is 20.7 Å². The van der Waals surface area contributed by atoms with Crippen LogP contribution in [0, 0.1) is 3.57 Å². The molecule has 102 valence electrons. The van der Waals surface area contributed by atoms with E-state index < -0.39 is 0 Å². The lowest BCUT2D eigenvalue weighted by Crippen LogP contribution is -2.10. The highest BCUT2D eigenvalue weighted by atomic mass is 127. The predicted octanol–water partition coefficient (Wildman–Crippen LogP) is 5.80. The van der Waals surface area contributed by atoms with Gasteiger partial charge in [0.25, 0.3) is 0 Å². The molecule has 1 atom stereocenters. The Kier molecular flexibility index (Phi) is 4.33. The summed E-state index contributed by atoms with van der Waals surface area (Å²) in [5.74, 6) is 0.877. The Balaban J connectivity index is 1.92. The summed E-state index contributed by atoms with van der Waals surface area (Å²) in [6.45, 7) is 0. The molecular formula is C15H11ClINOS. The summed E-state index contributed by atoms with van der Waals surface area (Å²) in [6.07, 6.45) is 1.69. The lowest BCUT2D eigenvalue weighted by atomic mass is 10.1. The molecule has 0 saturated heterocycles. The molecule has 0 spiro atoms. The molecule has 1 aromatic carbocycles. The fourth-order valence-electron chi connectivity index (χ4n) is 1.93. The fourth-order valence-corrected chi connectivity index (χ4v) is 3.41. The summed E-state index contributed by atoms with van der Waals surface area (Å²) >= 11 is 9.90. The van der Waals surface area contributed by atoms with Crippen LogP contribution < -0.4 is 5.32 Å². The average Bonchev–Trinajstić information content (AvgIpc) is 3.09. The van der Waals surface area contributed by atoms with Gasteiger partial charge in [-0.05, 0) is 71.1 Å². The van der Waals surface area contributed by atoms with E-state index in [1.54, 1.807) is 17.6 Å². The number of nitrogens with one attached hydrogen (secondary N) is 1. The second-order valence-corrected chi connectivity index (χ2v) is 7.23. The first-order valence-corrected chi connectivity index (χ1v) is 8.30. The van der Waals surface area contributed by atoms with E-state index in [1.807, 2.05) is 24.3 Å². The number of furan rings is 1. The van der Waals surface area contributed by atoms with E-state index >= 15 is 0 Å². The molecule has 0 amide bonds. The van der Waals surface area contributed by atoms with Crippen LogP contribution >= 0.6 is 45.5 Å². The maximum absolute atomic E-state index is 6.05. The van der Waals surface area contributed by atoms with Crippen LogP contribution in [0.1, 0.15) is 16.7 Å². The molecule has 0 aliphatic heterocycles. The van der Waals surface area contributed by atoms with Crippen LogP contribution in [-0.4, -0.2) is 0 Å². The van der Waals surface area contributed by atoms with E-state index in [2.05, 4.69) is 52.2 Å². The number of rotatable bonds is 4. The van der Waals surface area contributed by atoms with Gasteiger partial charge in [-0.3, -0.25) is 0 Å². The summed E-state index contributed by atoms with van der Waals surface area (Å²) in [6, 6.07) is 16.0. The molecule has 5 heteroatoms. The molecule has 2 heterocycles. The van der Waals surface area contributed by atoms with Crippen molar-refractivity contribution in [3.05, 3.63) is 73.3 Å². The first kappa shape index (κ1) is 14.0. The van der Waals surface area contributed by atoms with Gasteiger partial charge in [-0.1, -0.05) is 11.6 Å². The van der Waals surface area contributed by atoms with Gasteiger partial charge in [-0.2, -0.15) is 0 Å². The zero-order valence-corrected chi connectivity index (χ0v) is 14.1. The SMILES string of the molecule is Clc1ccc(C(Nc2ccc(I)cc2)c2ccco2)s1. The predicted molar refractivity (Wildman–Crippen MR) is 92.7 cm³/mol. The van der Waals surface area contributed by atoms with E-state index in [4.69, 9.17) is 16.0 Å². The average molecular weight is 416 g/mol. The zero-order chi connectivity index (χ0) is 13.9. The van der Waals surface area contributed by atoms with Crippen molar-refractivity contribution >= 4 is 51.2 Å². The van der Waals surface area contributed by atoms with Crippen LogP contribution in [0.5, 0.6) is 0 Å². The Morgan fingerprint density at radius 2 is 1.90 bits per heavy atom. The van der Waals surface area contributed by atoms with Gasteiger partial charge in [0.1, 0.15) is 11.8 Å². The Bertz CT molecular complexity index is 678. The highest BCUT2D eigenvalue weighted by molar-refractivity contribution is 14.1. The fraction of sp³-hybridized carbons (Fsp3) is 0.0667. The molecule has 0 fully saturated rings. The van der Waals surface area contributed by atoms with Crippen molar-refractivity contribution in [1.82, 2.24) is 0 Å². The summed E-state index contributed by atoms with van der Waals surface area (Å²) in [5, 5.41) is 3.49. The largest absolute Gasteiger partial charge is 0.467 e. The van der Waals surface area contributed by atoms with Crippen molar-refractivity contribution in [3.8, 4) is 0 Å². The molecule has 3 rings (SSSR count). The normalized spacial score (nSPS) is 12.3. The second-order valence-electron chi connectivity index (χ2n) is 4.24. The maximum atomic E-state index is 6.05. The van der Waals surface area contributed by atoms with E-state index in [-0.39, 0.29) is 6.04 Å². The Hall–Kier alpha value is -0.980. The number of benzene rings is 1. The van der Waals surface area contributed by atoms with Crippen LogP contribution in [-0.2, 0) is 0 Å². The lowest BCUT2D eigenvalue weighted by molar-refractivity contribution is 0.501. The van der Waals surface area contributed by atoms with Gasteiger partial charge >= 0.3 is 0 Å². The topological polar surface area (TPSA) is 25.2 Å². The third kappa shape index (κ3) is 3.19. The van der Waals surface area contributed by atoms with Crippen molar-refractivity contribution in [1.29, 1.82) is 0 Å². The third-order valence-corrected chi connectivity index (χ3v) is 4.88. The second kappa shape index (κ2) is 6.20. The van der Waals surface area contributed by atoms with Crippen LogP contribution in [0.4, 0.5) is 5.69 Å². The number of thiophene rings is 1. The van der Waals surface area contributed by atoms with Crippen molar-refractivity contribution in [2.24, 2.45) is 0 Å². The number of hydrogen-bond donors (Lipinski definition) is 1. The molecule has 3 aromatic rings. The van der Waals surface area contributed by atoms with Gasteiger partial charge in [0.05, 0.1) is 10.6 Å². The number of halogens is 2. The molecule has 0 radical (unpaired) electrons. The van der Waals surface area contributed by atoms with Gasteiger partial charge in [0.15, 0.2) is 0 Å². The van der Waals surface area contributed by atoms with Crippen LogP contribution in [0.3, 0.4) is 0 Å². The van der Waals surface area contributed by atoms with Crippen molar-refractivity contribution in [3.63, 3.8) is 0 Å². The van der Waals surface area contributed by atoms with Crippen LogP contribution in [0.2, 0.25) is 4.34 Å². The Morgan fingerprint density at radius 1 is 1.10 bits per heavy atom. The molecule has 2 nitrogen and oxygen atoms in total. The van der Waals surface area contributed by atoms with E-state index in [9.17, 15) is 0 Å². The van der Waals surface area contributed by atoms with Crippen molar-refractivity contribution in [2.45, 2.75) is 6.04 Å². The zero-order valence-electron chi connectivity index (χ0n) is 10.3. The van der Waals surface area contributed by atoms with Gasteiger partial charge < -0.3 is 9.73 Å². The molecule has 1 N–H and O–H groups in total. The Labute approximate surface area is 139 Å². The highest BCUT2D eigenvalue weighted by Crippen LogP contribution is 2.33. The molecule has 0 bridgehead atoms. The monoisotopic (exact) mass is 415 g/mol. The van der Waals surface area contributed by atoms with E-state index in [0.29, 0.717) is 0 Å². The third-order valence-electron chi connectivity index (χ3n) is 2.86. The first-order chi connectivity index (χ1) is 9.72. The minimum absolute atomic E-state index is 0.0254. The molecule has 0 aliphatic rings. The van der Waals surface area contributed by atoms with Crippen LogP contribution in [0.25, 0.3) is 0 Å². The number of anilines is 1. The quantitative estimate of drug-likeness (QED) is 0.545. The molecule has 2 aromatic heterocycles. The Morgan fingerprint density at radius 3 is 2.50 bits per heavy atom. The van der Waals surface area contributed by atoms with Gasteiger partial charge in [-0.15, -0.1) is 11.3 Å². The first-order valence-electron chi connectivity index (χ1n) is 6.03. The molecule has 0 aliphatic carbocycles. The molecule has 0 saturated carbocycles. The summed E-state index contributed by atoms with van der Waals surface area (Å²) in [4.78, 5) is 1.13. The summed E-state index contributed by atoms with van der Waals surface area (Å²) in [5.41, 5.74) is 1.05. The standard InChI is InChI=1S/C15H11ClINOS/c16-14-8-7-13(20-14)15(12-2-1-9-19-12)18-11-5-3-10(17)4-6-11/h1-9,15,18H. The molecular weight excluding hydrogens is 405 g/mol. The van der Waals surface area contributed by atoms with Gasteiger partial charge in [0, 0.05) is 14.1 Å². The summed E-state index contributed by atoms with van der Waals surface area (Å²) in [7, 11) is 0. The highest BCUT2D eigenvalue weighted by Gasteiger charge is 2.18. The van der Waals surface area contributed by atoms with Crippen LogP contribution in [0.15, 0.2) is 59.2 Å². The smallest absolute Gasteiger partial charge is 0.131 e. The maximum Gasteiger partial charge on any atom is 0.131 e. The number of hydrogen-bond acceptors (Lipinski definition) is 3. The minimum Gasteiger partial charge on any atom is -0.467 e. The summed E-state index contributed by atoms with van der Waals surface area (Å²) < 4.78 is 7.54. The molecule has 20 heavy (non-hydrogen) atoms. The van der Waals surface area contributed by atoms with E-state index in [1.165, 1.54) is 3.57 Å².